The van der Waals surface area contributed by atoms with E-state index in [0.29, 0.717) is 0 Å². The molecule has 0 aliphatic carbocycles. The van der Waals surface area contributed by atoms with E-state index in [-0.39, 0.29) is 12.8 Å². The molecule has 0 bridgehead atoms. The van der Waals surface area contributed by atoms with Crippen molar-refractivity contribution in [1.82, 2.24) is 0 Å². The molecule has 0 rings (SSSR count). The summed E-state index contributed by atoms with van der Waals surface area (Å²) in [5.74, 6) is -0.514. The fraction of sp³-hybridized carbons (Fsp3) is 0.900. The summed E-state index contributed by atoms with van der Waals surface area (Å²) >= 11 is 0. The Bertz CT molecular complexity index is 196. The zero-order valence-electron chi connectivity index (χ0n) is 9.43. The molecule has 3 N–H and O–H groups in total. The van der Waals surface area contributed by atoms with Crippen molar-refractivity contribution in [3.05, 3.63) is 0 Å². The van der Waals surface area contributed by atoms with Gasteiger partial charge < -0.3 is 20.1 Å². The number of aliphatic hydroxyl groups excluding tert-OH is 3. The smallest absolute Gasteiger partial charge is 0.308 e. The summed E-state index contributed by atoms with van der Waals surface area (Å²) in [6.45, 7) is 4.78. The highest BCUT2D eigenvalue weighted by atomic mass is 16.6. The molecule has 5 heteroatoms. The summed E-state index contributed by atoms with van der Waals surface area (Å²) in [7, 11) is 0. The van der Waals surface area contributed by atoms with Gasteiger partial charge in [0.25, 0.3) is 0 Å². The van der Waals surface area contributed by atoms with Gasteiger partial charge >= 0.3 is 5.97 Å². The molecule has 0 aromatic heterocycles. The minimum atomic E-state index is -0.998. The van der Waals surface area contributed by atoms with E-state index in [2.05, 4.69) is 0 Å². The number of aliphatic hydroxyl groups is 3. The average Bonchev–Trinajstić information content (AvgIpc) is 1.99. The van der Waals surface area contributed by atoms with E-state index in [1.165, 1.54) is 0 Å². The van der Waals surface area contributed by atoms with Crippen molar-refractivity contribution in [2.24, 2.45) is 0 Å². The second kappa shape index (κ2) is 6.05. The van der Waals surface area contributed by atoms with E-state index in [4.69, 9.17) is 14.9 Å². The minimum Gasteiger partial charge on any atom is -0.460 e. The Morgan fingerprint density at radius 1 is 1.27 bits per heavy atom. The van der Waals surface area contributed by atoms with Crippen LogP contribution in [-0.4, -0.2) is 45.7 Å². The number of carbonyl (C=O) groups excluding carboxylic acids is 1. The lowest BCUT2D eigenvalue weighted by atomic mass is 10.1. The Morgan fingerprint density at radius 3 is 2.20 bits per heavy atom. The quantitative estimate of drug-likeness (QED) is 0.560. The first kappa shape index (κ1) is 14.3. The number of rotatable bonds is 5. The second-order valence-electron chi connectivity index (χ2n) is 4.52. The van der Waals surface area contributed by atoms with Crippen LogP contribution >= 0.6 is 0 Å². The number of carbonyl (C=O) groups is 1. The van der Waals surface area contributed by atoms with Gasteiger partial charge in [-0.05, 0) is 20.8 Å². The monoisotopic (exact) mass is 220 g/mol. The van der Waals surface area contributed by atoms with Crippen molar-refractivity contribution in [1.29, 1.82) is 0 Å². The normalized spacial score (nSPS) is 15.9. The van der Waals surface area contributed by atoms with Crippen molar-refractivity contribution in [3.63, 3.8) is 0 Å². The van der Waals surface area contributed by atoms with Crippen molar-refractivity contribution < 1.29 is 24.9 Å². The fourth-order valence-corrected chi connectivity index (χ4v) is 1.05. The lowest BCUT2D eigenvalue weighted by Gasteiger charge is -2.21. The molecule has 2 atom stereocenters. The average molecular weight is 220 g/mol. The Labute approximate surface area is 89.7 Å². The van der Waals surface area contributed by atoms with Crippen LogP contribution in [0.2, 0.25) is 0 Å². The molecule has 0 heterocycles. The maximum absolute atomic E-state index is 11.2. The molecule has 0 aromatic rings. The second-order valence-corrected chi connectivity index (χ2v) is 4.52. The molecule has 0 fully saturated rings. The molecule has 0 radical (unpaired) electrons. The first-order valence-corrected chi connectivity index (χ1v) is 4.93. The van der Waals surface area contributed by atoms with Gasteiger partial charge in [-0.15, -0.1) is 0 Å². The summed E-state index contributed by atoms with van der Waals surface area (Å²) in [5, 5.41) is 26.9. The third-order valence-corrected chi connectivity index (χ3v) is 1.58. The fourth-order valence-electron chi connectivity index (χ4n) is 1.05. The van der Waals surface area contributed by atoms with Crippen molar-refractivity contribution in [2.75, 3.05) is 6.61 Å². The van der Waals surface area contributed by atoms with Gasteiger partial charge in [0.15, 0.2) is 0 Å². The highest BCUT2D eigenvalue weighted by molar-refractivity contribution is 5.70. The molecule has 0 spiro atoms. The van der Waals surface area contributed by atoms with E-state index in [0.717, 1.165) is 0 Å². The largest absolute Gasteiger partial charge is 0.460 e. The van der Waals surface area contributed by atoms with Gasteiger partial charge in [-0.25, -0.2) is 0 Å². The minimum absolute atomic E-state index is 0.0320. The number of hydrogen-bond donors (Lipinski definition) is 3. The molecule has 0 aliphatic rings. The van der Waals surface area contributed by atoms with Crippen LogP contribution in [0.25, 0.3) is 0 Å². The topological polar surface area (TPSA) is 87.0 Å². The number of ether oxygens (including phenoxy) is 1. The summed E-state index contributed by atoms with van der Waals surface area (Å²) in [4.78, 5) is 11.2. The van der Waals surface area contributed by atoms with E-state index in [1.54, 1.807) is 20.8 Å². The molecular weight excluding hydrogens is 200 g/mol. The zero-order chi connectivity index (χ0) is 12.1. The van der Waals surface area contributed by atoms with Gasteiger partial charge in [0.05, 0.1) is 25.2 Å². The van der Waals surface area contributed by atoms with Gasteiger partial charge in [0.1, 0.15) is 5.60 Å². The van der Waals surface area contributed by atoms with Crippen LogP contribution in [-0.2, 0) is 9.53 Å². The predicted octanol–water partition coefficient (Wildman–Crippen LogP) is -0.178. The number of esters is 1. The summed E-state index contributed by atoms with van der Waals surface area (Å²) in [6.07, 6.45) is -2.19. The van der Waals surface area contributed by atoms with Gasteiger partial charge in [-0.1, -0.05) is 0 Å². The Hall–Kier alpha value is -0.650. The molecular formula is C10H20O5. The molecule has 5 nitrogen and oxygen atoms in total. The van der Waals surface area contributed by atoms with Crippen LogP contribution < -0.4 is 0 Å². The van der Waals surface area contributed by atoms with E-state index in [1.807, 2.05) is 0 Å². The van der Waals surface area contributed by atoms with Crippen LogP contribution in [0.15, 0.2) is 0 Å². The predicted molar refractivity (Wildman–Crippen MR) is 54.2 cm³/mol. The van der Waals surface area contributed by atoms with E-state index in [9.17, 15) is 9.90 Å². The third kappa shape index (κ3) is 8.35. The third-order valence-electron chi connectivity index (χ3n) is 1.58. The van der Waals surface area contributed by atoms with E-state index < -0.39 is 30.4 Å². The van der Waals surface area contributed by atoms with Crippen molar-refractivity contribution in [3.8, 4) is 0 Å². The van der Waals surface area contributed by atoms with Crippen molar-refractivity contribution in [2.45, 2.75) is 51.4 Å². The van der Waals surface area contributed by atoms with Gasteiger partial charge in [0, 0.05) is 6.42 Å². The summed E-state index contributed by atoms with van der Waals surface area (Å²) in [5.41, 5.74) is -0.577. The lowest BCUT2D eigenvalue weighted by molar-refractivity contribution is -0.157. The molecule has 15 heavy (non-hydrogen) atoms. The van der Waals surface area contributed by atoms with Gasteiger partial charge in [0.2, 0.25) is 0 Å². The van der Waals surface area contributed by atoms with Crippen LogP contribution in [0.3, 0.4) is 0 Å². The molecule has 90 valence electrons. The molecule has 0 amide bonds. The molecule has 0 aromatic carbocycles. The van der Waals surface area contributed by atoms with Crippen LogP contribution in [0, 0.1) is 0 Å². The molecule has 1 unspecified atom stereocenters. The summed E-state index contributed by atoms with van der Waals surface area (Å²) < 4.78 is 4.98. The molecule has 0 saturated carbocycles. The standard InChI is InChI=1S/C10H20O5/c1-10(2,3)15-9(14)5-7(12)4-8(13)6-11/h7-8,11-13H,4-6H2,1-3H3/t7?,8-/m0/s1. The number of hydrogen-bond acceptors (Lipinski definition) is 5. The SMILES string of the molecule is CC(C)(C)OC(=O)CC(O)C[C@H](O)CO. The maximum Gasteiger partial charge on any atom is 0.308 e. The highest BCUT2D eigenvalue weighted by Crippen LogP contribution is 2.11. The van der Waals surface area contributed by atoms with Crippen LogP contribution in [0.1, 0.15) is 33.6 Å². The van der Waals surface area contributed by atoms with Gasteiger partial charge in [-0.2, -0.15) is 0 Å². The molecule has 0 aliphatic heterocycles. The lowest BCUT2D eigenvalue weighted by Crippen LogP contribution is -2.28. The first-order valence-electron chi connectivity index (χ1n) is 4.93. The van der Waals surface area contributed by atoms with Crippen molar-refractivity contribution >= 4 is 5.97 Å². The van der Waals surface area contributed by atoms with Crippen LogP contribution in [0.4, 0.5) is 0 Å². The highest BCUT2D eigenvalue weighted by Gasteiger charge is 2.20. The van der Waals surface area contributed by atoms with Gasteiger partial charge in [-0.3, -0.25) is 4.79 Å². The first-order chi connectivity index (χ1) is 6.74. The summed E-state index contributed by atoms with van der Waals surface area (Å²) in [6, 6.07) is 0. The van der Waals surface area contributed by atoms with E-state index >= 15 is 0 Å². The Morgan fingerprint density at radius 2 is 1.80 bits per heavy atom. The Kier molecular flexibility index (Phi) is 5.79. The Balaban J connectivity index is 3.87. The maximum atomic E-state index is 11.2. The zero-order valence-corrected chi connectivity index (χ0v) is 9.43. The van der Waals surface area contributed by atoms with Crippen LogP contribution in [0.5, 0.6) is 0 Å². The molecule has 0 saturated heterocycles.